The molecule has 0 saturated heterocycles. The van der Waals surface area contributed by atoms with E-state index in [-0.39, 0.29) is 5.41 Å². The van der Waals surface area contributed by atoms with Crippen molar-refractivity contribution in [2.75, 3.05) is 27.0 Å². The maximum atomic E-state index is 5.35. The minimum absolute atomic E-state index is 0.0103. The van der Waals surface area contributed by atoms with Crippen LogP contribution in [0.4, 0.5) is 0 Å². The number of nitrogens with zero attached hydrogens (tertiary/aromatic N) is 1. The average Bonchev–Trinajstić information content (AvgIpc) is 3.06. The van der Waals surface area contributed by atoms with Gasteiger partial charge in [-0.25, -0.2) is 0 Å². The van der Waals surface area contributed by atoms with Crippen LogP contribution in [0.2, 0.25) is 0 Å². The molecular formula is C19H31N3OS. The van der Waals surface area contributed by atoms with E-state index < -0.39 is 0 Å². The summed E-state index contributed by atoms with van der Waals surface area (Å²) in [5.74, 6) is 1.80. The van der Waals surface area contributed by atoms with Crippen LogP contribution in [0.3, 0.4) is 0 Å². The molecule has 1 aliphatic carbocycles. The van der Waals surface area contributed by atoms with E-state index in [1.165, 1.54) is 24.8 Å². The Labute approximate surface area is 150 Å². The van der Waals surface area contributed by atoms with Gasteiger partial charge in [0.15, 0.2) is 5.96 Å². The number of benzene rings is 1. The van der Waals surface area contributed by atoms with Gasteiger partial charge in [0.25, 0.3) is 0 Å². The molecule has 1 aliphatic rings. The molecular weight excluding hydrogens is 318 g/mol. The predicted molar refractivity (Wildman–Crippen MR) is 105 cm³/mol. The highest BCUT2D eigenvalue weighted by Crippen LogP contribution is 2.28. The SMILES string of the molecule is CN=C(NCC(C)(C)c1cccc(OC)c1)NC1CCC(SC)C1. The summed E-state index contributed by atoms with van der Waals surface area (Å²) in [6.07, 6.45) is 5.95. The van der Waals surface area contributed by atoms with E-state index >= 15 is 0 Å². The highest BCUT2D eigenvalue weighted by Gasteiger charge is 2.26. The number of guanidine groups is 1. The lowest BCUT2D eigenvalue weighted by Crippen LogP contribution is -2.46. The van der Waals surface area contributed by atoms with E-state index in [1.54, 1.807) is 7.11 Å². The molecule has 2 rings (SSSR count). The third-order valence-corrected chi connectivity index (χ3v) is 5.93. The van der Waals surface area contributed by atoms with Crippen LogP contribution in [-0.4, -0.2) is 44.2 Å². The average molecular weight is 350 g/mol. The van der Waals surface area contributed by atoms with Gasteiger partial charge in [0, 0.05) is 30.3 Å². The number of hydrogen-bond acceptors (Lipinski definition) is 3. The lowest BCUT2D eigenvalue weighted by Gasteiger charge is -2.28. The van der Waals surface area contributed by atoms with Crippen molar-refractivity contribution in [2.45, 2.75) is 49.8 Å². The van der Waals surface area contributed by atoms with Gasteiger partial charge in [0.2, 0.25) is 0 Å². The summed E-state index contributed by atoms with van der Waals surface area (Å²) < 4.78 is 5.35. The van der Waals surface area contributed by atoms with E-state index in [0.29, 0.717) is 6.04 Å². The van der Waals surface area contributed by atoms with Gasteiger partial charge in [-0.1, -0.05) is 26.0 Å². The molecule has 2 atom stereocenters. The van der Waals surface area contributed by atoms with Crippen LogP contribution in [0.5, 0.6) is 5.75 Å². The fourth-order valence-corrected chi connectivity index (χ4v) is 3.92. The number of methoxy groups -OCH3 is 1. The molecule has 4 nitrogen and oxygen atoms in total. The number of rotatable bonds is 6. The lowest BCUT2D eigenvalue weighted by atomic mass is 9.84. The molecule has 2 unspecified atom stereocenters. The summed E-state index contributed by atoms with van der Waals surface area (Å²) >= 11 is 1.98. The molecule has 1 aromatic carbocycles. The second-order valence-corrected chi connectivity index (χ2v) is 8.19. The van der Waals surface area contributed by atoms with Gasteiger partial charge in [-0.3, -0.25) is 4.99 Å². The molecule has 1 aromatic rings. The summed E-state index contributed by atoms with van der Waals surface area (Å²) in [5, 5.41) is 7.86. The molecule has 2 N–H and O–H groups in total. The summed E-state index contributed by atoms with van der Waals surface area (Å²) in [6.45, 7) is 5.29. The summed E-state index contributed by atoms with van der Waals surface area (Å²) in [6, 6.07) is 8.83. The third-order valence-electron chi connectivity index (χ3n) is 4.83. The monoisotopic (exact) mass is 349 g/mol. The molecule has 0 aromatic heterocycles. The maximum absolute atomic E-state index is 5.35. The van der Waals surface area contributed by atoms with Crippen molar-refractivity contribution in [3.63, 3.8) is 0 Å². The van der Waals surface area contributed by atoms with E-state index in [2.05, 4.69) is 47.9 Å². The Bertz CT molecular complexity index is 559. The van der Waals surface area contributed by atoms with Gasteiger partial charge in [0.1, 0.15) is 5.75 Å². The molecule has 24 heavy (non-hydrogen) atoms. The van der Waals surface area contributed by atoms with Crippen molar-refractivity contribution in [1.82, 2.24) is 10.6 Å². The van der Waals surface area contributed by atoms with E-state index in [9.17, 15) is 0 Å². The zero-order valence-electron chi connectivity index (χ0n) is 15.6. The largest absolute Gasteiger partial charge is 0.497 e. The van der Waals surface area contributed by atoms with Crippen molar-refractivity contribution in [2.24, 2.45) is 4.99 Å². The first-order valence-electron chi connectivity index (χ1n) is 8.63. The van der Waals surface area contributed by atoms with Crippen LogP contribution in [0.15, 0.2) is 29.3 Å². The van der Waals surface area contributed by atoms with Crippen molar-refractivity contribution in [3.8, 4) is 5.75 Å². The fourth-order valence-electron chi connectivity index (χ4n) is 3.12. The van der Waals surface area contributed by atoms with Gasteiger partial charge in [-0.05, 0) is 43.2 Å². The molecule has 0 amide bonds. The molecule has 134 valence electrons. The second kappa shape index (κ2) is 8.65. The summed E-state index contributed by atoms with van der Waals surface area (Å²) in [7, 11) is 3.55. The zero-order chi connectivity index (χ0) is 17.6. The number of ether oxygens (including phenoxy) is 1. The molecule has 0 spiro atoms. The smallest absolute Gasteiger partial charge is 0.191 e. The Morgan fingerprint density at radius 2 is 2.17 bits per heavy atom. The quantitative estimate of drug-likeness (QED) is 0.610. The third kappa shape index (κ3) is 5.07. The topological polar surface area (TPSA) is 45.7 Å². The van der Waals surface area contributed by atoms with Gasteiger partial charge < -0.3 is 15.4 Å². The number of aliphatic imine (C=N–C) groups is 1. The highest BCUT2D eigenvalue weighted by atomic mass is 32.2. The van der Waals surface area contributed by atoms with Crippen LogP contribution in [-0.2, 0) is 5.41 Å². The standard InChI is InChI=1S/C19H31N3OS/c1-19(2,14-7-6-8-16(11-14)23-4)13-21-18(20-3)22-15-9-10-17(12-15)24-5/h6-8,11,15,17H,9-10,12-13H2,1-5H3,(H2,20,21,22). The molecule has 1 saturated carbocycles. The molecule has 0 heterocycles. The Hall–Kier alpha value is -1.36. The minimum Gasteiger partial charge on any atom is -0.497 e. The summed E-state index contributed by atoms with van der Waals surface area (Å²) in [4.78, 5) is 4.40. The first kappa shape index (κ1) is 19.0. The van der Waals surface area contributed by atoms with Crippen molar-refractivity contribution in [1.29, 1.82) is 0 Å². The van der Waals surface area contributed by atoms with E-state index in [0.717, 1.165) is 23.5 Å². The Morgan fingerprint density at radius 3 is 2.79 bits per heavy atom. The second-order valence-electron chi connectivity index (χ2n) is 7.05. The fraction of sp³-hybridized carbons (Fsp3) is 0.632. The Morgan fingerprint density at radius 1 is 1.38 bits per heavy atom. The van der Waals surface area contributed by atoms with Crippen molar-refractivity contribution < 1.29 is 4.74 Å². The maximum Gasteiger partial charge on any atom is 0.191 e. The Kier molecular flexibility index (Phi) is 6.84. The van der Waals surface area contributed by atoms with Crippen LogP contribution in [0.25, 0.3) is 0 Å². The van der Waals surface area contributed by atoms with Gasteiger partial charge in [-0.15, -0.1) is 0 Å². The van der Waals surface area contributed by atoms with E-state index in [1.807, 2.05) is 30.9 Å². The van der Waals surface area contributed by atoms with Gasteiger partial charge >= 0.3 is 0 Å². The zero-order valence-corrected chi connectivity index (χ0v) is 16.4. The van der Waals surface area contributed by atoms with E-state index in [4.69, 9.17) is 4.74 Å². The van der Waals surface area contributed by atoms with Gasteiger partial charge in [-0.2, -0.15) is 11.8 Å². The number of thioether (sulfide) groups is 1. The van der Waals surface area contributed by atoms with Crippen molar-refractivity contribution in [3.05, 3.63) is 29.8 Å². The molecule has 0 radical (unpaired) electrons. The summed E-state index contributed by atoms with van der Waals surface area (Å²) in [5.41, 5.74) is 1.25. The highest BCUT2D eigenvalue weighted by molar-refractivity contribution is 7.99. The molecule has 0 aliphatic heterocycles. The minimum atomic E-state index is -0.0103. The normalized spacial score (nSPS) is 21.6. The number of hydrogen-bond donors (Lipinski definition) is 2. The van der Waals surface area contributed by atoms with Gasteiger partial charge in [0.05, 0.1) is 7.11 Å². The molecule has 5 heteroatoms. The first-order chi connectivity index (χ1) is 11.5. The predicted octanol–water partition coefficient (Wildman–Crippen LogP) is 3.42. The van der Waals surface area contributed by atoms with Crippen LogP contribution >= 0.6 is 11.8 Å². The van der Waals surface area contributed by atoms with Crippen LogP contribution in [0.1, 0.15) is 38.7 Å². The lowest BCUT2D eigenvalue weighted by molar-refractivity contribution is 0.411. The molecule has 1 fully saturated rings. The Balaban J connectivity index is 1.91. The van der Waals surface area contributed by atoms with Crippen molar-refractivity contribution >= 4 is 17.7 Å². The molecule has 0 bridgehead atoms. The number of nitrogens with one attached hydrogen (secondary N) is 2. The van der Waals surface area contributed by atoms with Crippen LogP contribution < -0.4 is 15.4 Å². The van der Waals surface area contributed by atoms with Crippen LogP contribution in [0, 0.1) is 0 Å². The first-order valence-corrected chi connectivity index (χ1v) is 9.92.